The second-order valence-corrected chi connectivity index (χ2v) is 4.36. The normalized spacial score (nSPS) is 11.1. The summed E-state index contributed by atoms with van der Waals surface area (Å²) >= 11 is 0. The number of nitrogens with zero attached hydrogens (tertiary/aromatic N) is 1. The van der Waals surface area contributed by atoms with E-state index in [1.54, 1.807) is 0 Å². The van der Waals surface area contributed by atoms with Gasteiger partial charge < -0.3 is 20.5 Å². The van der Waals surface area contributed by atoms with E-state index in [-0.39, 0.29) is 42.3 Å². The van der Waals surface area contributed by atoms with Crippen LogP contribution >= 0.6 is 12.4 Å². The number of rotatable bonds is 7. The van der Waals surface area contributed by atoms with E-state index in [4.69, 9.17) is 10.5 Å². The highest BCUT2D eigenvalue weighted by Crippen LogP contribution is 2.22. The molecule has 0 aromatic heterocycles. The smallest absolute Gasteiger partial charge is 0.338 e. The number of hydrogen-bond donors (Lipinski definition) is 2. The van der Waals surface area contributed by atoms with E-state index in [9.17, 15) is 19.7 Å². The highest BCUT2D eigenvalue weighted by molar-refractivity contribution is 5.95. The highest BCUT2D eigenvalue weighted by Gasteiger charge is 2.17. The van der Waals surface area contributed by atoms with Crippen molar-refractivity contribution in [3.8, 4) is 0 Å². The molecule has 1 rings (SSSR count). The standard InChI is InChI=1S/C13H17N3O6.ClH/c1-21-11(7-14)6-12(17)15-9-3-8(13(18)22-2)4-10(5-9)16(19)20;/h3-5,11H,6-7,14H2,1-2H3,(H,15,17);1H. The topological polar surface area (TPSA) is 134 Å². The maximum absolute atomic E-state index is 11.8. The summed E-state index contributed by atoms with van der Waals surface area (Å²) in [6, 6.07) is 3.51. The number of hydrogen-bond acceptors (Lipinski definition) is 7. The lowest BCUT2D eigenvalue weighted by molar-refractivity contribution is -0.384. The first-order chi connectivity index (χ1) is 10.4. The van der Waals surface area contributed by atoms with Gasteiger partial charge in [0.05, 0.1) is 30.1 Å². The van der Waals surface area contributed by atoms with Crippen LogP contribution in [0.15, 0.2) is 18.2 Å². The van der Waals surface area contributed by atoms with Gasteiger partial charge in [0.15, 0.2) is 0 Å². The number of ether oxygens (including phenoxy) is 2. The van der Waals surface area contributed by atoms with Crippen molar-refractivity contribution in [1.82, 2.24) is 0 Å². The van der Waals surface area contributed by atoms with Crippen LogP contribution in [-0.2, 0) is 14.3 Å². The molecule has 0 spiro atoms. The molecule has 1 aromatic carbocycles. The molecule has 0 radical (unpaired) electrons. The molecule has 0 fully saturated rings. The van der Waals surface area contributed by atoms with Gasteiger partial charge >= 0.3 is 5.97 Å². The summed E-state index contributed by atoms with van der Waals surface area (Å²) in [6.45, 7) is 0.159. The lowest BCUT2D eigenvalue weighted by Gasteiger charge is -2.13. The summed E-state index contributed by atoms with van der Waals surface area (Å²) in [4.78, 5) is 33.6. The molecule has 1 amide bonds. The molecule has 0 bridgehead atoms. The summed E-state index contributed by atoms with van der Waals surface area (Å²) in [7, 11) is 2.58. The fraction of sp³-hybridized carbons (Fsp3) is 0.385. The minimum Gasteiger partial charge on any atom is -0.465 e. The Labute approximate surface area is 138 Å². The molecule has 0 saturated carbocycles. The third-order valence-corrected chi connectivity index (χ3v) is 2.84. The van der Waals surface area contributed by atoms with Crippen LogP contribution in [0.5, 0.6) is 0 Å². The predicted molar refractivity (Wildman–Crippen MR) is 84.8 cm³/mol. The Bertz CT molecular complexity index is 577. The minimum atomic E-state index is -0.740. The van der Waals surface area contributed by atoms with Gasteiger partial charge in [0.1, 0.15) is 0 Å². The molecular weight excluding hydrogens is 330 g/mol. The van der Waals surface area contributed by atoms with Crippen molar-refractivity contribution in [3.05, 3.63) is 33.9 Å². The van der Waals surface area contributed by atoms with Gasteiger partial charge in [-0.1, -0.05) is 0 Å². The van der Waals surface area contributed by atoms with Crippen molar-refractivity contribution in [3.63, 3.8) is 0 Å². The van der Waals surface area contributed by atoms with Crippen LogP contribution in [0.25, 0.3) is 0 Å². The first-order valence-electron chi connectivity index (χ1n) is 6.31. The maximum Gasteiger partial charge on any atom is 0.338 e. The van der Waals surface area contributed by atoms with Gasteiger partial charge in [-0.2, -0.15) is 0 Å². The summed E-state index contributed by atoms with van der Waals surface area (Å²) in [5.41, 5.74) is 5.17. The fourth-order valence-corrected chi connectivity index (χ4v) is 1.71. The zero-order valence-corrected chi connectivity index (χ0v) is 13.4. The molecule has 1 aromatic rings. The number of nitro benzene ring substituents is 1. The Kier molecular flexibility index (Phi) is 8.78. The van der Waals surface area contributed by atoms with Crippen LogP contribution in [0.1, 0.15) is 16.8 Å². The van der Waals surface area contributed by atoms with E-state index in [2.05, 4.69) is 10.1 Å². The quantitative estimate of drug-likeness (QED) is 0.428. The van der Waals surface area contributed by atoms with Gasteiger partial charge in [0.25, 0.3) is 5.69 Å². The van der Waals surface area contributed by atoms with Gasteiger partial charge in [-0.05, 0) is 6.07 Å². The molecular formula is C13H18ClN3O6. The monoisotopic (exact) mass is 347 g/mol. The number of carbonyl (C=O) groups excluding carboxylic acids is 2. The van der Waals surface area contributed by atoms with Gasteiger partial charge in [0, 0.05) is 31.5 Å². The summed E-state index contributed by atoms with van der Waals surface area (Å²) in [5, 5.41) is 13.3. The molecule has 0 heterocycles. The highest BCUT2D eigenvalue weighted by atomic mass is 35.5. The van der Waals surface area contributed by atoms with Crippen molar-refractivity contribution >= 4 is 35.7 Å². The number of nitrogens with two attached hydrogens (primary N) is 1. The Morgan fingerprint density at radius 3 is 2.48 bits per heavy atom. The molecule has 128 valence electrons. The molecule has 0 aliphatic carbocycles. The SMILES string of the molecule is COC(=O)c1cc(NC(=O)CC(CN)OC)cc([N+](=O)[O-])c1.Cl. The van der Waals surface area contributed by atoms with Crippen molar-refractivity contribution in [2.45, 2.75) is 12.5 Å². The van der Waals surface area contributed by atoms with Crippen LogP contribution in [0.4, 0.5) is 11.4 Å². The molecule has 9 nitrogen and oxygen atoms in total. The third kappa shape index (κ3) is 6.19. The Morgan fingerprint density at radius 1 is 1.35 bits per heavy atom. The van der Waals surface area contributed by atoms with Crippen LogP contribution < -0.4 is 11.1 Å². The molecule has 3 N–H and O–H groups in total. The number of nitro groups is 1. The average molecular weight is 348 g/mol. The van der Waals surface area contributed by atoms with E-state index in [1.807, 2.05) is 0 Å². The summed E-state index contributed by atoms with van der Waals surface area (Å²) in [5.74, 6) is -1.18. The zero-order chi connectivity index (χ0) is 16.7. The fourth-order valence-electron chi connectivity index (χ4n) is 1.71. The second kappa shape index (κ2) is 9.72. The number of methoxy groups -OCH3 is 2. The first kappa shape index (κ1) is 20.8. The minimum absolute atomic E-state index is 0. The first-order valence-corrected chi connectivity index (χ1v) is 6.31. The molecule has 1 unspecified atom stereocenters. The summed E-state index contributed by atoms with van der Waals surface area (Å²) in [6.07, 6.45) is -0.470. The van der Waals surface area contributed by atoms with E-state index in [0.717, 1.165) is 19.2 Å². The lowest BCUT2D eigenvalue weighted by Crippen LogP contribution is -2.28. The molecule has 1 atom stereocenters. The Balaban J connectivity index is 0.00000484. The predicted octanol–water partition coefficient (Wildman–Crippen LogP) is 1.11. The van der Waals surface area contributed by atoms with Crippen LogP contribution in [0, 0.1) is 10.1 Å². The lowest BCUT2D eigenvalue weighted by atomic mass is 10.1. The number of nitrogens with one attached hydrogen (secondary N) is 1. The Hall–Kier alpha value is -2.23. The molecule has 10 heteroatoms. The van der Waals surface area contributed by atoms with E-state index < -0.39 is 22.9 Å². The van der Waals surface area contributed by atoms with Gasteiger partial charge in [-0.3, -0.25) is 14.9 Å². The zero-order valence-electron chi connectivity index (χ0n) is 12.6. The number of amides is 1. The number of benzene rings is 1. The number of esters is 1. The number of carbonyl (C=O) groups is 2. The van der Waals surface area contributed by atoms with Crippen molar-refractivity contribution < 1.29 is 24.0 Å². The van der Waals surface area contributed by atoms with Crippen molar-refractivity contribution in [1.29, 1.82) is 0 Å². The number of halogens is 1. The third-order valence-electron chi connectivity index (χ3n) is 2.84. The van der Waals surface area contributed by atoms with Gasteiger partial charge in [-0.25, -0.2) is 4.79 Å². The maximum atomic E-state index is 11.8. The molecule has 0 saturated heterocycles. The van der Waals surface area contributed by atoms with Crippen LogP contribution in [0.2, 0.25) is 0 Å². The van der Waals surface area contributed by atoms with Crippen LogP contribution in [0.3, 0.4) is 0 Å². The van der Waals surface area contributed by atoms with Crippen molar-refractivity contribution in [2.24, 2.45) is 5.73 Å². The molecule has 0 aliphatic rings. The number of non-ortho nitro benzene ring substituents is 1. The van der Waals surface area contributed by atoms with Crippen molar-refractivity contribution in [2.75, 3.05) is 26.1 Å². The van der Waals surface area contributed by atoms with E-state index >= 15 is 0 Å². The van der Waals surface area contributed by atoms with Crippen LogP contribution in [-0.4, -0.2) is 43.7 Å². The second-order valence-electron chi connectivity index (χ2n) is 4.36. The summed E-state index contributed by atoms with van der Waals surface area (Å²) < 4.78 is 9.50. The van der Waals surface area contributed by atoms with E-state index in [0.29, 0.717) is 0 Å². The number of anilines is 1. The largest absolute Gasteiger partial charge is 0.465 e. The molecule has 23 heavy (non-hydrogen) atoms. The Morgan fingerprint density at radius 2 is 2.00 bits per heavy atom. The van der Waals surface area contributed by atoms with E-state index in [1.165, 1.54) is 13.2 Å². The molecule has 0 aliphatic heterocycles. The van der Waals surface area contributed by atoms with Gasteiger partial charge in [-0.15, -0.1) is 12.4 Å². The van der Waals surface area contributed by atoms with Gasteiger partial charge in [0.2, 0.25) is 5.91 Å². The average Bonchev–Trinajstić information content (AvgIpc) is 2.51.